The highest BCUT2D eigenvalue weighted by atomic mass is 16.6. The van der Waals surface area contributed by atoms with Crippen LogP contribution in [0.4, 0.5) is 0 Å². The summed E-state index contributed by atoms with van der Waals surface area (Å²) in [6.07, 6.45) is 3.66. The zero-order valence-corrected chi connectivity index (χ0v) is 11.0. The average Bonchev–Trinajstić information content (AvgIpc) is 2.69. The highest BCUT2D eigenvalue weighted by Crippen LogP contribution is 2.79. The van der Waals surface area contributed by atoms with E-state index in [0.29, 0.717) is 0 Å². The number of carbonyl (C=O) groups excluding carboxylic acids is 2. The number of fused-ring (bicyclic) bond motifs is 3. The van der Waals surface area contributed by atoms with E-state index in [1.54, 1.807) is 0 Å². The van der Waals surface area contributed by atoms with E-state index in [9.17, 15) is 9.59 Å². The van der Waals surface area contributed by atoms with Crippen LogP contribution >= 0.6 is 0 Å². The molecule has 1 spiro atoms. The SMILES string of the molecule is C/C1=C/CCC23C(=O)O[C@H]4[C@@H]2[C@@H](C1=O)[C@H]3C4(C)C. The monoisotopic (exact) mass is 246 g/mol. The number of esters is 1. The minimum atomic E-state index is -0.328. The van der Waals surface area contributed by atoms with Crippen LogP contribution < -0.4 is 0 Å². The summed E-state index contributed by atoms with van der Waals surface area (Å²) in [5.41, 5.74) is 0.525. The predicted octanol–water partition coefficient (Wildman–Crippen LogP) is 2.11. The zero-order valence-electron chi connectivity index (χ0n) is 11.0. The fraction of sp³-hybridized carbons (Fsp3) is 0.733. The third-order valence-electron chi connectivity index (χ3n) is 6.07. The fourth-order valence-corrected chi connectivity index (χ4v) is 5.50. The summed E-state index contributed by atoms with van der Waals surface area (Å²) >= 11 is 0. The maximum Gasteiger partial charge on any atom is 0.313 e. The summed E-state index contributed by atoms with van der Waals surface area (Å²) in [6, 6.07) is 0. The van der Waals surface area contributed by atoms with Crippen LogP contribution in [0.15, 0.2) is 11.6 Å². The molecule has 1 aliphatic heterocycles. The lowest BCUT2D eigenvalue weighted by Crippen LogP contribution is -2.59. The van der Waals surface area contributed by atoms with Crippen LogP contribution in [0.1, 0.15) is 33.6 Å². The number of hydrogen-bond donors (Lipinski definition) is 0. The third kappa shape index (κ3) is 0.799. The lowest BCUT2D eigenvalue weighted by atomic mass is 9.46. The van der Waals surface area contributed by atoms with Crippen molar-refractivity contribution < 1.29 is 14.3 Å². The number of carbonyl (C=O) groups is 2. The second kappa shape index (κ2) is 2.73. The van der Waals surface area contributed by atoms with Crippen LogP contribution in [-0.4, -0.2) is 17.9 Å². The molecule has 5 atom stereocenters. The van der Waals surface area contributed by atoms with Gasteiger partial charge in [-0.15, -0.1) is 0 Å². The van der Waals surface area contributed by atoms with E-state index in [4.69, 9.17) is 4.74 Å². The fourth-order valence-electron chi connectivity index (χ4n) is 5.50. The number of Topliss-reactive ketones (excluding diaryl/α,β-unsaturated/α-hetero) is 1. The Balaban J connectivity index is 1.91. The van der Waals surface area contributed by atoms with E-state index in [1.165, 1.54) is 0 Å². The molecule has 18 heavy (non-hydrogen) atoms. The molecule has 0 aromatic rings. The Hall–Kier alpha value is -1.12. The molecule has 5 bridgehead atoms. The molecule has 0 radical (unpaired) electrons. The second-order valence-corrected chi connectivity index (χ2v) is 7.01. The van der Waals surface area contributed by atoms with Gasteiger partial charge in [0.25, 0.3) is 0 Å². The van der Waals surface area contributed by atoms with Crippen molar-refractivity contribution in [2.75, 3.05) is 0 Å². The number of ether oxygens (including phenoxy) is 1. The van der Waals surface area contributed by atoms with Gasteiger partial charge in [-0.2, -0.15) is 0 Å². The Morgan fingerprint density at radius 3 is 2.72 bits per heavy atom. The van der Waals surface area contributed by atoms with Gasteiger partial charge in [-0.25, -0.2) is 0 Å². The van der Waals surface area contributed by atoms with E-state index < -0.39 is 0 Å². The summed E-state index contributed by atoms with van der Waals surface area (Å²) in [5, 5.41) is 0. The van der Waals surface area contributed by atoms with Crippen LogP contribution in [0, 0.1) is 28.6 Å². The normalized spacial score (nSPS) is 54.1. The molecule has 0 N–H and O–H groups in total. The van der Waals surface area contributed by atoms with Crippen molar-refractivity contribution >= 4 is 11.8 Å². The lowest BCUT2D eigenvalue weighted by Gasteiger charge is -2.53. The maximum atomic E-state index is 12.5. The van der Waals surface area contributed by atoms with E-state index in [2.05, 4.69) is 13.8 Å². The number of rotatable bonds is 0. The molecule has 1 unspecified atom stereocenters. The standard InChI is InChI=1S/C15H18O3/c1-7-5-4-6-15-9-8(10(7)16)11(15)14(2,3)12(9)18-13(15)17/h5,8-9,11-12H,4,6H2,1-3H3/b7-5-/t8-,9-,11-,12-,15?/m0/s1. The first-order valence-electron chi connectivity index (χ1n) is 6.84. The van der Waals surface area contributed by atoms with E-state index in [-0.39, 0.29) is 46.4 Å². The molecule has 0 aromatic carbocycles. The van der Waals surface area contributed by atoms with E-state index in [0.717, 1.165) is 18.4 Å². The number of allylic oxidation sites excluding steroid dienone is 2. The van der Waals surface area contributed by atoms with Gasteiger partial charge in [0.2, 0.25) is 0 Å². The van der Waals surface area contributed by atoms with Crippen molar-refractivity contribution in [3.05, 3.63) is 11.6 Å². The Kier molecular flexibility index (Phi) is 1.63. The van der Waals surface area contributed by atoms with Gasteiger partial charge < -0.3 is 4.74 Å². The molecule has 5 aliphatic carbocycles. The number of ketones is 1. The first-order chi connectivity index (χ1) is 8.42. The van der Waals surface area contributed by atoms with Crippen molar-refractivity contribution in [3.63, 3.8) is 0 Å². The van der Waals surface area contributed by atoms with Gasteiger partial charge in [0.15, 0.2) is 5.78 Å². The molecular formula is C15H18O3. The first kappa shape index (κ1) is 10.8. The van der Waals surface area contributed by atoms with Gasteiger partial charge in [0.05, 0.1) is 5.41 Å². The van der Waals surface area contributed by atoms with Crippen molar-refractivity contribution in [2.24, 2.45) is 28.6 Å². The molecule has 6 aliphatic rings. The molecular weight excluding hydrogens is 228 g/mol. The first-order valence-corrected chi connectivity index (χ1v) is 6.84. The molecule has 3 saturated carbocycles. The van der Waals surface area contributed by atoms with Gasteiger partial charge in [-0.05, 0) is 31.3 Å². The van der Waals surface area contributed by atoms with Crippen LogP contribution in [-0.2, 0) is 14.3 Å². The molecule has 3 heteroatoms. The smallest absolute Gasteiger partial charge is 0.313 e. The quantitative estimate of drug-likeness (QED) is 0.615. The van der Waals surface area contributed by atoms with Crippen molar-refractivity contribution in [3.8, 4) is 0 Å². The Morgan fingerprint density at radius 2 is 2.06 bits per heavy atom. The molecule has 96 valence electrons. The topological polar surface area (TPSA) is 43.4 Å². The van der Waals surface area contributed by atoms with E-state index >= 15 is 0 Å². The molecule has 1 heterocycles. The minimum absolute atomic E-state index is 0.0289. The van der Waals surface area contributed by atoms with Gasteiger partial charge in [0.1, 0.15) is 6.10 Å². The van der Waals surface area contributed by atoms with Crippen LogP contribution in [0.3, 0.4) is 0 Å². The van der Waals surface area contributed by atoms with Gasteiger partial charge >= 0.3 is 5.97 Å². The third-order valence-corrected chi connectivity index (χ3v) is 6.07. The average molecular weight is 246 g/mol. The van der Waals surface area contributed by atoms with Crippen LogP contribution in [0.2, 0.25) is 0 Å². The van der Waals surface area contributed by atoms with Gasteiger partial charge in [0, 0.05) is 17.3 Å². The highest BCUT2D eigenvalue weighted by Gasteiger charge is 2.86. The summed E-state index contributed by atoms with van der Waals surface area (Å²) in [5.74, 6) is 0.625. The maximum absolute atomic E-state index is 12.5. The summed E-state index contributed by atoms with van der Waals surface area (Å²) in [4.78, 5) is 24.7. The Labute approximate surface area is 107 Å². The number of hydrogen-bond acceptors (Lipinski definition) is 3. The van der Waals surface area contributed by atoms with Crippen molar-refractivity contribution in [1.82, 2.24) is 0 Å². The molecule has 6 rings (SSSR count). The minimum Gasteiger partial charge on any atom is -0.461 e. The van der Waals surface area contributed by atoms with Crippen LogP contribution in [0.25, 0.3) is 0 Å². The molecule has 4 fully saturated rings. The molecule has 3 nitrogen and oxygen atoms in total. The zero-order chi connectivity index (χ0) is 12.9. The Bertz CT molecular complexity index is 516. The molecule has 0 aromatic heterocycles. The van der Waals surface area contributed by atoms with Crippen molar-refractivity contribution in [1.29, 1.82) is 0 Å². The highest BCUT2D eigenvalue weighted by molar-refractivity contribution is 6.01. The second-order valence-electron chi connectivity index (χ2n) is 7.01. The van der Waals surface area contributed by atoms with E-state index in [1.807, 2.05) is 13.0 Å². The van der Waals surface area contributed by atoms with Gasteiger partial charge in [-0.3, -0.25) is 9.59 Å². The summed E-state index contributed by atoms with van der Waals surface area (Å²) in [6.45, 7) is 6.24. The molecule has 1 saturated heterocycles. The lowest BCUT2D eigenvalue weighted by molar-refractivity contribution is -0.180. The summed E-state index contributed by atoms with van der Waals surface area (Å²) < 4.78 is 5.61. The summed E-state index contributed by atoms with van der Waals surface area (Å²) in [7, 11) is 0. The largest absolute Gasteiger partial charge is 0.461 e. The molecule has 0 amide bonds. The predicted molar refractivity (Wildman–Crippen MR) is 64.6 cm³/mol. The van der Waals surface area contributed by atoms with Crippen molar-refractivity contribution in [2.45, 2.75) is 39.7 Å². The Morgan fingerprint density at radius 1 is 1.33 bits per heavy atom. The van der Waals surface area contributed by atoms with Gasteiger partial charge in [-0.1, -0.05) is 19.9 Å². The van der Waals surface area contributed by atoms with Crippen LogP contribution in [0.5, 0.6) is 0 Å².